The van der Waals surface area contributed by atoms with Crippen molar-refractivity contribution in [3.8, 4) is 0 Å². The lowest BCUT2D eigenvalue weighted by molar-refractivity contribution is -0.161. The minimum Gasteiger partial charge on any atom is -0.462 e. The highest BCUT2D eigenvalue weighted by molar-refractivity contribution is 7.47. The van der Waals surface area contributed by atoms with Crippen LogP contribution in [0.25, 0.3) is 0 Å². The number of hydrogen-bond acceptors (Lipinski definition) is 15. The Balaban J connectivity index is 5.22. The van der Waals surface area contributed by atoms with E-state index in [0.29, 0.717) is 25.7 Å². The van der Waals surface area contributed by atoms with E-state index in [0.717, 1.165) is 120 Å². The van der Waals surface area contributed by atoms with Gasteiger partial charge < -0.3 is 33.8 Å². The lowest BCUT2D eigenvalue weighted by Gasteiger charge is -2.21. The van der Waals surface area contributed by atoms with Gasteiger partial charge in [0, 0.05) is 25.7 Å². The van der Waals surface area contributed by atoms with E-state index in [9.17, 15) is 43.2 Å². The molecule has 106 heavy (non-hydrogen) atoms. The maximum absolute atomic E-state index is 13.1. The predicted octanol–water partition coefficient (Wildman–Crippen LogP) is 26.3. The Hall–Kier alpha value is -1.94. The Kier molecular flexibility index (Phi) is 74.3. The standard InChI is InChI=1S/C87H170O17P2/c1-9-79(7)65-57-49-41-35-29-23-18-20-24-30-36-42-51-59-67-84(89)97-73-82(103-86(91)69-62-54-44-38-32-26-19-17-22-28-34-40-48-56-64-78(5)6)75-101-105(93,94)99-71-81(88)72-100-106(95,96)102-76-83(74-98-85(90)68-60-52-46-45-50-58-66-80(8)10-2)104-87(92)70-61-53-43-37-31-25-16-14-12-11-13-15-21-27-33-39-47-55-63-77(3)4/h77-83,88H,9-76H2,1-8H3,(H,93,94)(H,95,96)/t79?,80?,81-,82-,83-/m1/s1. The van der Waals surface area contributed by atoms with E-state index in [4.69, 9.17) is 37.0 Å². The van der Waals surface area contributed by atoms with Crippen LogP contribution in [0.4, 0.5) is 0 Å². The molecule has 19 heteroatoms. The van der Waals surface area contributed by atoms with Crippen molar-refractivity contribution in [1.29, 1.82) is 0 Å². The van der Waals surface area contributed by atoms with Gasteiger partial charge in [0.15, 0.2) is 12.2 Å². The van der Waals surface area contributed by atoms with Gasteiger partial charge in [0.2, 0.25) is 0 Å². The van der Waals surface area contributed by atoms with Crippen molar-refractivity contribution in [3.63, 3.8) is 0 Å². The van der Waals surface area contributed by atoms with Crippen LogP contribution in [0.15, 0.2) is 0 Å². The largest absolute Gasteiger partial charge is 0.472 e. The lowest BCUT2D eigenvalue weighted by atomic mass is 9.99. The van der Waals surface area contributed by atoms with Gasteiger partial charge in [0.05, 0.1) is 26.4 Å². The molecule has 3 N–H and O–H groups in total. The number of ether oxygens (including phenoxy) is 4. The second-order valence-corrected chi connectivity index (χ2v) is 35.6. The van der Waals surface area contributed by atoms with Gasteiger partial charge in [-0.05, 0) is 49.4 Å². The van der Waals surface area contributed by atoms with E-state index in [-0.39, 0.29) is 25.7 Å². The highest BCUT2D eigenvalue weighted by Gasteiger charge is 2.31. The first-order valence-electron chi connectivity index (χ1n) is 44.8. The fourth-order valence-electron chi connectivity index (χ4n) is 13.4. The van der Waals surface area contributed by atoms with Crippen LogP contribution in [-0.2, 0) is 65.4 Å². The van der Waals surface area contributed by atoms with Crippen molar-refractivity contribution in [3.05, 3.63) is 0 Å². The van der Waals surface area contributed by atoms with Gasteiger partial charge >= 0.3 is 39.5 Å². The number of carbonyl (C=O) groups is 4. The van der Waals surface area contributed by atoms with E-state index in [2.05, 4.69) is 55.4 Å². The van der Waals surface area contributed by atoms with Gasteiger partial charge in [-0.3, -0.25) is 37.3 Å². The van der Waals surface area contributed by atoms with Crippen molar-refractivity contribution in [1.82, 2.24) is 0 Å². The van der Waals surface area contributed by atoms with E-state index < -0.39 is 97.5 Å². The summed E-state index contributed by atoms with van der Waals surface area (Å²) in [7, 11) is -9.93. The molecule has 0 bridgehead atoms. The SMILES string of the molecule is CCC(C)CCCCCCCCCCCCCCCCC(=O)OC[C@H](COP(=O)(O)OC[C@@H](O)COP(=O)(O)OC[C@@H](COC(=O)CCCCCCCCC(C)CC)OC(=O)CCCCCCCCCCCCCCCCCCCCC(C)C)OC(=O)CCCCCCCCCCCCCCCCC(C)C. The zero-order chi connectivity index (χ0) is 78.1. The minimum absolute atomic E-state index is 0.107. The molecule has 0 aliphatic heterocycles. The van der Waals surface area contributed by atoms with E-state index in [1.807, 2.05) is 0 Å². The maximum Gasteiger partial charge on any atom is 0.472 e. The zero-order valence-electron chi connectivity index (χ0n) is 70.1. The average molecular weight is 1550 g/mol. The van der Waals surface area contributed by atoms with Crippen LogP contribution in [0.2, 0.25) is 0 Å². The molecule has 0 aromatic heterocycles. The highest BCUT2D eigenvalue weighted by atomic mass is 31.2. The zero-order valence-corrected chi connectivity index (χ0v) is 71.9. The third-order valence-electron chi connectivity index (χ3n) is 21.0. The second-order valence-electron chi connectivity index (χ2n) is 32.7. The normalized spacial score (nSPS) is 14.4. The smallest absolute Gasteiger partial charge is 0.462 e. The van der Waals surface area contributed by atoms with E-state index >= 15 is 0 Å². The number of aliphatic hydroxyl groups excluding tert-OH is 1. The molecule has 17 nitrogen and oxygen atoms in total. The summed E-state index contributed by atoms with van der Waals surface area (Å²) < 4.78 is 68.9. The van der Waals surface area contributed by atoms with Gasteiger partial charge in [0.1, 0.15) is 19.3 Å². The van der Waals surface area contributed by atoms with Gasteiger partial charge in [0.25, 0.3) is 0 Å². The molecule has 630 valence electrons. The Morgan fingerprint density at radius 2 is 0.453 bits per heavy atom. The Morgan fingerprint density at radius 3 is 0.670 bits per heavy atom. The lowest BCUT2D eigenvalue weighted by Crippen LogP contribution is -2.30. The first-order valence-corrected chi connectivity index (χ1v) is 47.8. The summed E-state index contributed by atoms with van der Waals surface area (Å²) in [5, 5.41) is 10.7. The molecule has 0 aliphatic rings. The molecule has 4 unspecified atom stereocenters. The molecule has 7 atom stereocenters. The summed E-state index contributed by atoms with van der Waals surface area (Å²) in [6, 6.07) is 0. The summed E-state index contributed by atoms with van der Waals surface area (Å²) in [5.74, 6) is 1.09. The number of rotatable bonds is 84. The quantitative estimate of drug-likeness (QED) is 0.0222. The molecule has 0 saturated carbocycles. The number of carbonyl (C=O) groups excluding carboxylic acids is 4. The molecule has 0 fully saturated rings. The predicted molar refractivity (Wildman–Crippen MR) is 437 cm³/mol. The number of phosphoric acid groups is 2. The van der Waals surface area contributed by atoms with E-state index in [1.165, 1.54) is 250 Å². The molecule has 0 rings (SSSR count). The Morgan fingerprint density at radius 1 is 0.264 bits per heavy atom. The van der Waals surface area contributed by atoms with Crippen LogP contribution in [0.1, 0.15) is 453 Å². The van der Waals surface area contributed by atoms with E-state index in [1.54, 1.807) is 0 Å². The molecule has 0 aromatic rings. The summed E-state index contributed by atoms with van der Waals surface area (Å²) in [6.45, 7) is 14.4. The van der Waals surface area contributed by atoms with Crippen molar-refractivity contribution in [2.75, 3.05) is 39.6 Å². The topological polar surface area (TPSA) is 237 Å². The molecule has 0 aliphatic carbocycles. The van der Waals surface area contributed by atoms with Gasteiger partial charge in [-0.1, -0.05) is 402 Å². The van der Waals surface area contributed by atoms with Gasteiger partial charge in [-0.2, -0.15) is 0 Å². The average Bonchev–Trinajstić information content (AvgIpc) is 0.903. The van der Waals surface area contributed by atoms with Crippen molar-refractivity contribution in [2.24, 2.45) is 23.7 Å². The fourth-order valence-corrected chi connectivity index (χ4v) is 15.0. The summed E-state index contributed by atoms with van der Waals surface area (Å²) in [5.41, 5.74) is 0. The van der Waals surface area contributed by atoms with Crippen LogP contribution in [0, 0.1) is 23.7 Å². The number of aliphatic hydroxyl groups is 1. The summed E-state index contributed by atoms with van der Waals surface area (Å²) in [4.78, 5) is 73.3. The van der Waals surface area contributed by atoms with Gasteiger partial charge in [-0.25, -0.2) is 9.13 Å². The second kappa shape index (κ2) is 75.7. The van der Waals surface area contributed by atoms with Crippen molar-refractivity contribution >= 4 is 39.5 Å². The third-order valence-corrected chi connectivity index (χ3v) is 22.9. The number of hydrogen-bond donors (Lipinski definition) is 3. The van der Waals surface area contributed by atoms with Crippen LogP contribution in [-0.4, -0.2) is 96.7 Å². The minimum atomic E-state index is -4.97. The number of unbranched alkanes of at least 4 members (excludes halogenated alkanes) is 48. The van der Waals surface area contributed by atoms with Gasteiger partial charge in [-0.15, -0.1) is 0 Å². The van der Waals surface area contributed by atoms with Crippen LogP contribution >= 0.6 is 15.6 Å². The number of esters is 4. The maximum atomic E-state index is 13.1. The van der Waals surface area contributed by atoms with Crippen LogP contribution in [0.3, 0.4) is 0 Å². The summed E-state index contributed by atoms with van der Waals surface area (Å²) >= 11 is 0. The summed E-state index contributed by atoms with van der Waals surface area (Å²) in [6.07, 6.45) is 65.2. The molecular weight excluding hydrogens is 1380 g/mol. The van der Waals surface area contributed by atoms with Crippen molar-refractivity contribution in [2.45, 2.75) is 472 Å². The van der Waals surface area contributed by atoms with Crippen molar-refractivity contribution < 1.29 is 80.2 Å². The molecular formula is C87H170O17P2. The molecule has 0 heterocycles. The number of phosphoric ester groups is 2. The molecule has 0 amide bonds. The van der Waals surface area contributed by atoms with Crippen LogP contribution < -0.4 is 0 Å². The first-order chi connectivity index (χ1) is 51.2. The fraction of sp³-hybridized carbons (Fsp3) is 0.954. The molecule has 0 spiro atoms. The molecule has 0 aromatic carbocycles. The molecule has 0 radical (unpaired) electrons. The highest BCUT2D eigenvalue weighted by Crippen LogP contribution is 2.45. The first kappa shape index (κ1) is 104. The van der Waals surface area contributed by atoms with Crippen LogP contribution in [0.5, 0.6) is 0 Å². The monoisotopic (exact) mass is 1550 g/mol. The molecule has 0 saturated heterocycles. The Bertz CT molecular complexity index is 2060. The third kappa shape index (κ3) is 77.4. The Labute approximate surface area is 651 Å².